The van der Waals surface area contributed by atoms with E-state index in [-0.39, 0.29) is 5.91 Å². The Morgan fingerprint density at radius 2 is 1.84 bits per heavy atom. The zero-order chi connectivity index (χ0) is 21.9. The van der Waals surface area contributed by atoms with Gasteiger partial charge in [-0.2, -0.15) is 0 Å². The summed E-state index contributed by atoms with van der Waals surface area (Å²) in [5, 5.41) is 3.23. The van der Waals surface area contributed by atoms with E-state index in [0.29, 0.717) is 32.0 Å². The first-order chi connectivity index (χ1) is 15.7. The Hall–Kier alpha value is -3.68. The molecule has 8 nitrogen and oxygen atoms in total. The maximum Gasteiger partial charge on any atom is 0.263 e. The predicted octanol–water partition coefficient (Wildman–Crippen LogP) is 2.97. The van der Waals surface area contributed by atoms with Gasteiger partial charge in [-0.05, 0) is 49.1 Å². The van der Waals surface area contributed by atoms with Crippen LogP contribution in [0.5, 0.6) is 5.75 Å². The van der Waals surface area contributed by atoms with Crippen LogP contribution in [0.2, 0.25) is 0 Å². The van der Waals surface area contributed by atoms with Crippen molar-refractivity contribution >= 4 is 23.4 Å². The molecule has 4 heterocycles. The highest BCUT2D eigenvalue weighted by molar-refractivity contribution is 5.82. The van der Waals surface area contributed by atoms with Crippen LogP contribution in [0.4, 0.5) is 17.5 Å². The number of aryl methyl sites for hydroxylation is 2. The quantitative estimate of drug-likeness (QED) is 0.681. The van der Waals surface area contributed by atoms with E-state index in [1.807, 2.05) is 48.2 Å². The first kappa shape index (κ1) is 20.2. The molecule has 0 bridgehead atoms. The number of carbonyl (C=O) groups is 1. The van der Waals surface area contributed by atoms with Crippen LogP contribution in [-0.2, 0) is 11.2 Å². The second-order valence-electron chi connectivity index (χ2n) is 8.17. The highest BCUT2D eigenvalue weighted by atomic mass is 16.5. The standard InChI is InChI=1S/C24H26N6O2/c1-17-8-9-25-21(14-17)28-22-15-23(27-16-26-22)29-10-12-30(13-11-29)24(31)20-7-6-18-4-2-3-5-19(18)32-20/h2-5,8-9,14-16,20H,6-7,10-13H2,1H3,(H,25,26,27,28). The average Bonchev–Trinajstić information content (AvgIpc) is 2.83. The third-order valence-corrected chi connectivity index (χ3v) is 5.93. The van der Waals surface area contributed by atoms with E-state index in [2.05, 4.69) is 31.2 Å². The fourth-order valence-corrected chi connectivity index (χ4v) is 4.18. The number of nitrogens with zero attached hydrogens (tertiary/aromatic N) is 5. The summed E-state index contributed by atoms with van der Waals surface area (Å²) in [6.45, 7) is 4.75. The van der Waals surface area contributed by atoms with Crippen molar-refractivity contribution in [2.75, 3.05) is 36.4 Å². The molecule has 1 unspecified atom stereocenters. The van der Waals surface area contributed by atoms with Gasteiger partial charge in [0.25, 0.3) is 5.91 Å². The molecule has 1 saturated heterocycles. The van der Waals surface area contributed by atoms with Crippen molar-refractivity contribution in [2.24, 2.45) is 0 Å². The van der Waals surface area contributed by atoms with Crippen molar-refractivity contribution in [3.05, 3.63) is 66.1 Å². The summed E-state index contributed by atoms with van der Waals surface area (Å²) in [5.41, 5.74) is 2.30. The minimum atomic E-state index is -0.395. The number of fused-ring (bicyclic) bond motifs is 1. The van der Waals surface area contributed by atoms with Gasteiger partial charge in [0.1, 0.15) is 29.5 Å². The number of para-hydroxylation sites is 1. The molecule has 0 aliphatic carbocycles. The van der Waals surface area contributed by atoms with Crippen LogP contribution < -0.4 is 15.0 Å². The molecule has 2 aliphatic heterocycles. The SMILES string of the molecule is Cc1ccnc(Nc2cc(N3CCN(C(=O)C4CCc5ccccc5O4)CC3)ncn2)c1. The molecule has 1 aromatic carbocycles. The summed E-state index contributed by atoms with van der Waals surface area (Å²) in [6.07, 6.45) is 4.53. The van der Waals surface area contributed by atoms with Crippen LogP contribution in [-0.4, -0.2) is 58.0 Å². The van der Waals surface area contributed by atoms with E-state index in [0.717, 1.165) is 35.8 Å². The first-order valence-corrected chi connectivity index (χ1v) is 11.0. The number of rotatable bonds is 4. The Bertz CT molecular complexity index is 1110. The second-order valence-corrected chi connectivity index (χ2v) is 8.17. The number of pyridine rings is 1. The zero-order valence-electron chi connectivity index (χ0n) is 18.1. The maximum atomic E-state index is 13.0. The maximum absolute atomic E-state index is 13.0. The number of ether oxygens (including phenoxy) is 1. The number of anilines is 3. The zero-order valence-corrected chi connectivity index (χ0v) is 18.1. The Labute approximate surface area is 187 Å². The third-order valence-electron chi connectivity index (χ3n) is 5.93. The van der Waals surface area contributed by atoms with Gasteiger partial charge in [-0.3, -0.25) is 4.79 Å². The number of nitrogens with one attached hydrogen (secondary N) is 1. The van der Waals surface area contributed by atoms with Gasteiger partial charge in [0.05, 0.1) is 0 Å². The Morgan fingerprint density at radius 1 is 1.03 bits per heavy atom. The van der Waals surface area contributed by atoms with Crippen LogP contribution in [0.25, 0.3) is 0 Å². The summed E-state index contributed by atoms with van der Waals surface area (Å²) in [6, 6.07) is 13.8. The van der Waals surface area contributed by atoms with Crippen molar-refractivity contribution in [3.8, 4) is 5.75 Å². The molecule has 2 aromatic heterocycles. The molecule has 2 aliphatic rings. The summed E-state index contributed by atoms with van der Waals surface area (Å²) in [5.74, 6) is 3.19. The minimum Gasteiger partial charge on any atom is -0.480 e. The number of hydrogen-bond donors (Lipinski definition) is 1. The van der Waals surface area contributed by atoms with E-state index in [9.17, 15) is 4.79 Å². The van der Waals surface area contributed by atoms with Gasteiger partial charge in [-0.15, -0.1) is 0 Å². The van der Waals surface area contributed by atoms with Crippen molar-refractivity contribution in [2.45, 2.75) is 25.9 Å². The van der Waals surface area contributed by atoms with Crippen molar-refractivity contribution < 1.29 is 9.53 Å². The normalized spacial score (nSPS) is 18.0. The first-order valence-electron chi connectivity index (χ1n) is 11.0. The Kier molecular flexibility index (Phi) is 5.58. The molecule has 1 amide bonds. The van der Waals surface area contributed by atoms with Gasteiger partial charge in [-0.1, -0.05) is 18.2 Å². The third kappa shape index (κ3) is 4.34. The molecular weight excluding hydrogens is 404 g/mol. The minimum absolute atomic E-state index is 0.0784. The van der Waals surface area contributed by atoms with Gasteiger partial charge < -0.3 is 19.9 Å². The van der Waals surface area contributed by atoms with Crippen LogP contribution in [0.1, 0.15) is 17.5 Å². The van der Waals surface area contributed by atoms with Gasteiger partial charge >= 0.3 is 0 Å². The fourth-order valence-electron chi connectivity index (χ4n) is 4.18. The van der Waals surface area contributed by atoms with Gasteiger partial charge in [0.2, 0.25) is 0 Å². The van der Waals surface area contributed by atoms with Gasteiger partial charge in [0, 0.05) is 38.4 Å². The van der Waals surface area contributed by atoms with Gasteiger partial charge in [0.15, 0.2) is 6.10 Å². The molecule has 5 rings (SSSR count). The number of piperazine rings is 1. The van der Waals surface area contributed by atoms with E-state index in [1.165, 1.54) is 5.56 Å². The molecule has 1 N–H and O–H groups in total. The number of carbonyl (C=O) groups excluding carboxylic acids is 1. The topological polar surface area (TPSA) is 83.5 Å². The number of benzene rings is 1. The summed E-state index contributed by atoms with van der Waals surface area (Å²) >= 11 is 0. The number of hydrogen-bond acceptors (Lipinski definition) is 7. The highest BCUT2D eigenvalue weighted by Crippen LogP contribution is 2.28. The molecule has 0 radical (unpaired) electrons. The molecule has 0 saturated carbocycles. The van der Waals surface area contributed by atoms with E-state index < -0.39 is 6.10 Å². The van der Waals surface area contributed by atoms with Gasteiger partial charge in [-0.25, -0.2) is 15.0 Å². The number of amides is 1. The lowest BCUT2D eigenvalue weighted by Crippen LogP contribution is -2.53. The van der Waals surface area contributed by atoms with E-state index in [4.69, 9.17) is 4.74 Å². The second kappa shape index (κ2) is 8.82. The number of aromatic nitrogens is 3. The molecular formula is C24H26N6O2. The van der Waals surface area contributed by atoms with E-state index >= 15 is 0 Å². The monoisotopic (exact) mass is 430 g/mol. The molecule has 0 spiro atoms. The van der Waals surface area contributed by atoms with Crippen LogP contribution in [0, 0.1) is 6.92 Å². The fraction of sp³-hybridized carbons (Fsp3) is 0.333. The molecule has 32 heavy (non-hydrogen) atoms. The lowest BCUT2D eigenvalue weighted by Gasteiger charge is -2.37. The average molecular weight is 431 g/mol. The lowest BCUT2D eigenvalue weighted by atomic mass is 10.0. The van der Waals surface area contributed by atoms with Crippen molar-refractivity contribution in [1.82, 2.24) is 19.9 Å². The molecule has 1 fully saturated rings. The smallest absolute Gasteiger partial charge is 0.263 e. The van der Waals surface area contributed by atoms with E-state index in [1.54, 1.807) is 12.5 Å². The van der Waals surface area contributed by atoms with Crippen molar-refractivity contribution in [3.63, 3.8) is 0 Å². The summed E-state index contributed by atoms with van der Waals surface area (Å²) in [4.78, 5) is 30.2. The summed E-state index contributed by atoms with van der Waals surface area (Å²) < 4.78 is 6.00. The largest absolute Gasteiger partial charge is 0.480 e. The predicted molar refractivity (Wildman–Crippen MR) is 122 cm³/mol. The molecule has 3 aromatic rings. The van der Waals surface area contributed by atoms with Crippen LogP contribution in [0.3, 0.4) is 0 Å². The lowest BCUT2D eigenvalue weighted by molar-refractivity contribution is -0.139. The van der Waals surface area contributed by atoms with Crippen LogP contribution >= 0.6 is 0 Å². The molecule has 8 heteroatoms. The Morgan fingerprint density at radius 3 is 2.69 bits per heavy atom. The van der Waals surface area contributed by atoms with Crippen LogP contribution in [0.15, 0.2) is 55.0 Å². The highest BCUT2D eigenvalue weighted by Gasteiger charge is 2.31. The van der Waals surface area contributed by atoms with Crippen molar-refractivity contribution in [1.29, 1.82) is 0 Å². The molecule has 164 valence electrons. The molecule has 1 atom stereocenters. The summed E-state index contributed by atoms with van der Waals surface area (Å²) in [7, 11) is 0. The Balaban J connectivity index is 1.19.